The highest BCUT2D eigenvalue weighted by Gasteiger charge is 2.14. The first-order valence-electron chi connectivity index (χ1n) is 7.02. The van der Waals surface area contributed by atoms with Crippen LogP contribution in [0.1, 0.15) is 12.5 Å². The molecule has 8 heteroatoms. The van der Waals surface area contributed by atoms with Crippen molar-refractivity contribution >= 4 is 44.9 Å². The van der Waals surface area contributed by atoms with Crippen LogP contribution in [-0.2, 0) is 4.79 Å². The molecule has 0 bridgehead atoms. The number of phenolic OH excluding ortho intramolecular Hbond substituents is 1. The Morgan fingerprint density at radius 1 is 1.29 bits per heavy atom. The second-order valence-electron chi connectivity index (χ2n) is 4.82. The number of hydrogen-bond acceptors (Lipinski definition) is 7. The van der Waals surface area contributed by atoms with Gasteiger partial charge in [-0.05, 0) is 41.3 Å². The van der Waals surface area contributed by atoms with Gasteiger partial charge in [0.15, 0.2) is 0 Å². The van der Waals surface area contributed by atoms with E-state index in [1.54, 1.807) is 41.8 Å². The summed E-state index contributed by atoms with van der Waals surface area (Å²) >= 11 is 2.88. The van der Waals surface area contributed by atoms with Gasteiger partial charge in [0, 0.05) is 6.92 Å². The summed E-state index contributed by atoms with van der Waals surface area (Å²) in [5, 5.41) is 19.4. The van der Waals surface area contributed by atoms with Crippen LogP contribution in [0.25, 0.3) is 10.6 Å². The Labute approximate surface area is 146 Å². The van der Waals surface area contributed by atoms with Crippen LogP contribution in [0, 0.1) is 0 Å². The van der Waals surface area contributed by atoms with Crippen LogP contribution in [0.4, 0.5) is 10.1 Å². The average Bonchev–Trinajstić information content (AvgIpc) is 3.18. The fourth-order valence-electron chi connectivity index (χ4n) is 1.92. The molecule has 2 aromatic heterocycles. The SMILES string of the molecule is CC(=O)Nc1sc(N/N=C\c2ccc(O)cc2)nc1-c1cccs1. The lowest BCUT2D eigenvalue weighted by Crippen LogP contribution is -2.04. The molecule has 1 aromatic carbocycles. The standard InChI is InChI=1S/C16H14N4O2S2/c1-10(21)18-15-14(13-3-2-8-23-13)19-16(24-15)20-17-9-11-4-6-12(22)7-5-11/h2-9,22H,1H3,(H,18,21)(H,19,20)/b17-9-. The molecule has 0 saturated carbocycles. The molecule has 0 radical (unpaired) electrons. The lowest BCUT2D eigenvalue weighted by Gasteiger charge is -1.99. The zero-order chi connectivity index (χ0) is 16.9. The number of rotatable bonds is 5. The Kier molecular flexibility index (Phi) is 4.88. The van der Waals surface area contributed by atoms with Crippen LogP contribution >= 0.6 is 22.7 Å². The van der Waals surface area contributed by atoms with Crippen LogP contribution in [-0.4, -0.2) is 22.2 Å². The van der Waals surface area contributed by atoms with Crippen LogP contribution in [0.5, 0.6) is 5.75 Å². The summed E-state index contributed by atoms with van der Waals surface area (Å²) < 4.78 is 0. The first-order chi connectivity index (χ1) is 11.6. The number of carbonyl (C=O) groups is 1. The molecule has 3 rings (SSSR count). The Morgan fingerprint density at radius 3 is 2.75 bits per heavy atom. The quantitative estimate of drug-likeness (QED) is 0.475. The fraction of sp³-hybridized carbons (Fsp3) is 0.0625. The first-order valence-corrected chi connectivity index (χ1v) is 8.72. The molecule has 0 saturated heterocycles. The molecule has 2 heterocycles. The van der Waals surface area contributed by atoms with Gasteiger partial charge in [-0.1, -0.05) is 17.4 Å². The van der Waals surface area contributed by atoms with E-state index >= 15 is 0 Å². The molecular weight excluding hydrogens is 344 g/mol. The molecule has 0 aliphatic carbocycles. The van der Waals surface area contributed by atoms with Gasteiger partial charge >= 0.3 is 0 Å². The van der Waals surface area contributed by atoms with Gasteiger partial charge in [0.05, 0.1) is 11.1 Å². The third-order valence-corrected chi connectivity index (χ3v) is 4.69. The number of phenols is 1. The van der Waals surface area contributed by atoms with Crippen molar-refractivity contribution in [1.82, 2.24) is 4.98 Å². The molecule has 6 nitrogen and oxygen atoms in total. The van der Waals surface area contributed by atoms with Crippen molar-refractivity contribution in [3.63, 3.8) is 0 Å². The van der Waals surface area contributed by atoms with E-state index in [0.29, 0.717) is 10.1 Å². The number of carbonyl (C=O) groups excluding carboxylic acids is 1. The van der Waals surface area contributed by atoms with Crippen molar-refractivity contribution in [2.45, 2.75) is 6.92 Å². The summed E-state index contributed by atoms with van der Waals surface area (Å²) in [6.07, 6.45) is 1.63. The van der Waals surface area contributed by atoms with Crippen molar-refractivity contribution < 1.29 is 9.90 Å². The lowest BCUT2D eigenvalue weighted by atomic mass is 10.2. The van der Waals surface area contributed by atoms with E-state index in [-0.39, 0.29) is 11.7 Å². The number of aromatic hydroxyl groups is 1. The van der Waals surface area contributed by atoms with Gasteiger partial charge in [-0.25, -0.2) is 4.98 Å². The van der Waals surface area contributed by atoms with E-state index in [2.05, 4.69) is 20.8 Å². The molecule has 3 aromatic rings. The largest absolute Gasteiger partial charge is 0.508 e. The number of thiophene rings is 1. The number of hydrogen-bond donors (Lipinski definition) is 3. The number of nitrogens with zero attached hydrogens (tertiary/aromatic N) is 2. The van der Waals surface area contributed by atoms with Crippen LogP contribution in [0.2, 0.25) is 0 Å². The van der Waals surface area contributed by atoms with Gasteiger partial charge < -0.3 is 10.4 Å². The zero-order valence-corrected chi connectivity index (χ0v) is 14.3. The van der Waals surface area contributed by atoms with E-state index in [4.69, 9.17) is 0 Å². The molecule has 122 valence electrons. The number of anilines is 2. The van der Waals surface area contributed by atoms with Gasteiger partial charge in [-0.3, -0.25) is 10.2 Å². The normalized spacial score (nSPS) is 10.9. The highest BCUT2D eigenvalue weighted by Crippen LogP contribution is 2.37. The third-order valence-electron chi connectivity index (χ3n) is 2.94. The first kappa shape index (κ1) is 16.2. The monoisotopic (exact) mass is 358 g/mol. The van der Waals surface area contributed by atoms with Crippen LogP contribution in [0.3, 0.4) is 0 Å². The number of nitrogens with one attached hydrogen (secondary N) is 2. The Morgan fingerprint density at radius 2 is 2.08 bits per heavy atom. The Hall–Kier alpha value is -2.71. The predicted octanol–water partition coefficient (Wildman–Crippen LogP) is 3.98. The molecule has 3 N–H and O–H groups in total. The molecule has 0 aliphatic heterocycles. The van der Waals surface area contributed by atoms with Crippen molar-refractivity contribution in [3.8, 4) is 16.3 Å². The van der Waals surface area contributed by atoms with Crippen LogP contribution in [0.15, 0.2) is 46.9 Å². The average molecular weight is 358 g/mol. The van der Waals surface area contributed by atoms with Crippen molar-refractivity contribution in [1.29, 1.82) is 0 Å². The zero-order valence-electron chi connectivity index (χ0n) is 12.7. The minimum absolute atomic E-state index is 0.143. The van der Waals surface area contributed by atoms with Crippen molar-refractivity contribution in [2.75, 3.05) is 10.7 Å². The van der Waals surface area contributed by atoms with Crippen molar-refractivity contribution in [3.05, 3.63) is 47.3 Å². The number of amides is 1. The van der Waals surface area contributed by atoms with Crippen molar-refractivity contribution in [2.24, 2.45) is 5.10 Å². The Balaban J connectivity index is 1.78. The van der Waals surface area contributed by atoms with Gasteiger partial charge in [-0.15, -0.1) is 11.3 Å². The highest BCUT2D eigenvalue weighted by atomic mass is 32.1. The summed E-state index contributed by atoms with van der Waals surface area (Å²) in [5.74, 6) is 0.0659. The van der Waals surface area contributed by atoms with Gasteiger partial charge in [0.1, 0.15) is 16.4 Å². The van der Waals surface area contributed by atoms with Crippen LogP contribution < -0.4 is 10.7 Å². The molecule has 1 amide bonds. The number of hydrazone groups is 1. The van der Waals surface area contributed by atoms with E-state index in [9.17, 15) is 9.90 Å². The lowest BCUT2D eigenvalue weighted by molar-refractivity contribution is -0.114. The number of thiazole rings is 1. The molecule has 24 heavy (non-hydrogen) atoms. The summed E-state index contributed by atoms with van der Waals surface area (Å²) in [6, 6.07) is 10.6. The number of aromatic nitrogens is 1. The number of benzene rings is 1. The molecule has 0 spiro atoms. The summed E-state index contributed by atoms with van der Waals surface area (Å²) in [4.78, 5) is 16.8. The second kappa shape index (κ2) is 7.24. The minimum atomic E-state index is -0.143. The highest BCUT2D eigenvalue weighted by molar-refractivity contribution is 7.21. The maximum Gasteiger partial charge on any atom is 0.221 e. The summed E-state index contributed by atoms with van der Waals surface area (Å²) in [7, 11) is 0. The van der Waals surface area contributed by atoms with Gasteiger partial charge in [0.2, 0.25) is 11.0 Å². The van der Waals surface area contributed by atoms with Gasteiger partial charge in [-0.2, -0.15) is 5.10 Å². The molecule has 0 aliphatic rings. The summed E-state index contributed by atoms with van der Waals surface area (Å²) in [5.41, 5.74) is 4.45. The summed E-state index contributed by atoms with van der Waals surface area (Å²) in [6.45, 7) is 1.47. The topological polar surface area (TPSA) is 86.6 Å². The molecule has 0 unspecified atom stereocenters. The molecular formula is C16H14N4O2S2. The maximum absolute atomic E-state index is 11.4. The third kappa shape index (κ3) is 3.98. The second-order valence-corrected chi connectivity index (χ2v) is 6.76. The maximum atomic E-state index is 11.4. The van der Waals surface area contributed by atoms with E-state index in [0.717, 1.165) is 16.1 Å². The minimum Gasteiger partial charge on any atom is -0.508 e. The predicted molar refractivity (Wildman–Crippen MR) is 99.1 cm³/mol. The fourth-order valence-corrected chi connectivity index (χ4v) is 3.58. The van der Waals surface area contributed by atoms with E-state index in [1.807, 2.05) is 17.5 Å². The van der Waals surface area contributed by atoms with Gasteiger partial charge in [0.25, 0.3) is 0 Å². The Bertz CT molecular complexity index is 855. The van der Waals surface area contributed by atoms with E-state index in [1.165, 1.54) is 18.3 Å². The smallest absolute Gasteiger partial charge is 0.221 e. The molecule has 0 fully saturated rings. The van der Waals surface area contributed by atoms with E-state index < -0.39 is 0 Å². The molecule has 0 atom stereocenters.